The Morgan fingerprint density at radius 3 is 2.00 bits per heavy atom. The number of anilines is 1. The highest BCUT2D eigenvalue weighted by atomic mass is 32.2. The van der Waals surface area contributed by atoms with Crippen molar-refractivity contribution in [2.75, 3.05) is 31.1 Å². The van der Waals surface area contributed by atoms with Crippen LogP contribution in [-0.4, -0.2) is 50.0 Å². The van der Waals surface area contributed by atoms with Crippen LogP contribution in [0.4, 0.5) is 5.69 Å². The van der Waals surface area contributed by atoms with E-state index in [1.807, 2.05) is 0 Å². The van der Waals surface area contributed by atoms with Crippen molar-refractivity contribution in [1.82, 2.24) is 4.31 Å². The number of carboxylic acid groups (broad SMARTS) is 1. The average molecular weight is 381 g/mol. The van der Waals surface area contributed by atoms with Crippen molar-refractivity contribution in [3.05, 3.63) is 23.8 Å². The highest BCUT2D eigenvalue weighted by Crippen LogP contribution is 2.29. The van der Waals surface area contributed by atoms with Gasteiger partial charge in [0.25, 0.3) is 0 Å². The first kappa shape index (κ1) is 19.2. The minimum atomic E-state index is -3.65. The van der Waals surface area contributed by atoms with Crippen LogP contribution in [0.25, 0.3) is 0 Å². The molecule has 7 heteroatoms. The Labute approximate surface area is 155 Å². The third-order valence-electron chi connectivity index (χ3n) is 5.35. The molecule has 0 spiro atoms. The lowest BCUT2D eigenvalue weighted by atomic mass is 10.1. The van der Waals surface area contributed by atoms with Gasteiger partial charge in [-0.25, -0.2) is 13.2 Å². The summed E-state index contributed by atoms with van der Waals surface area (Å²) in [5.74, 6) is -1.07. The second kappa shape index (κ2) is 8.39. The number of carboxylic acids is 1. The summed E-state index contributed by atoms with van der Waals surface area (Å²) in [6, 6.07) is 4.59. The van der Waals surface area contributed by atoms with Crippen molar-refractivity contribution in [1.29, 1.82) is 0 Å². The van der Waals surface area contributed by atoms with E-state index in [9.17, 15) is 18.3 Å². The van der Waals surface area contributed by atoms with Gasteiger partial charge in [-0.05, 0) is 50.3 Å². The molecule has 0 aliphatic carbocycles. The molecule has 0 amide bonds. The van der Waals surface area contributed by atoms with Crippen LogP contribution in [0.2, 0.25) is 0 Å². The zero-order valence-electron chi connectivity index (χ0n) is 15.2. The van der Waals surface area contributed by atoms with Crippen LogP contribution >= 0.6 is 0 Å². The highest BCUT2D eigenvalue weighted by molar-refractivity contribution is 7.89. The van der Waals surface area contributed by atoms with Gasteiger partial charge in [0, 0.05) is 26.2 Å². The van der Waals surface area contributed by atoms with E-state index in [1.165, 1.54) is 10.4 Å². The Bertz CT molecular complexity index is 734. The summed E-state index contributed by atoms with van der Waals surface area (Å²) in [4.78, 5) is 13.9. The van der Waals surface area contributed by atoms with Gasteiger partial charge in [0.1, 0.15) is 0 Å². The molecule has 0 radical (unpaired) electrons. The quantitative estimate of drug-likeness (QED) is 0.867. The molecule has 0 aromatic heterocycles. The number of benzene rings is 1. The van der Waals surface area contributed by atoms with Crippen molar-refractivity contribution in [2.45, 2.75) is 56.3 Å². The normalized spacial score (nSPS) is 20.4. The number of hydrogen-bond donors (Lipinski definition) is 1. The van der Waals surface area contributed by atoms with Crippen LogP contribution < -0.4 is 4.90 Å². The number of hydrogen-bond acceptors (Lipinski definition) is 4. The van der Waals surface area contributed by atoms with E-state index in [4.69, 9.17) is 0 Å². The van der Waals surface area contributed by atoms with Gasteiger partial charge in [-0.2, -0.15) is 4.31 Å². The number of aromatic carboxylic acids is 1. The highest BCUT2D eigenvalue weighted by Gasteiger charge is 2.27. The van der Waals surface area contributed by atoms with E-state index in [1.54, 1.807) is 12.1 Å². The minimum Gasteiger partial charge on any atom is -0.478 e. The molecule has 2 heterocycles. The standard InChI is InChI=1S/C19H28N2O4S/c22-19(23)17-15-16(9-10-18(17)20-11-5-4-6-12-20)26(24,25)21-13-7-2-1-3-8-14-21/h9-10,15H,1-8,11-14H2,(H,22,23). The van der Waals surface area contributed by atoms with E-state index >= 15 is 0 Å². The lowest BCUT2D eigenvalue weighted by Gasteiger charge is -2.30. The fraction of sp³-hybridized carbons (Fsp3) is 0.632. The maximum atomic E-state index is 13.0. The molecule has 144 valence electrons. The van der Waals surface area contributed by atoms with Crippen LogP contribution in [-0.2, 0) is 10.0 Å². The molecule has 1 aromatic rings. The first-order chi connectivity index (χ1) is 12.5. The molecule has 1 aromatic carbocycles. The number of sulfonamides is 1. The Balaban J connectivity index is 1.91. The predicted molar refractivity (Wildman–Crippen MR) is 101 cm³/mol. The Kier molecular flexibility index (Phi) is 6.19. The van der Waals surface area contributed by atoms with Gasteiger partial charge < -0.3 is 10.0 Å². The summed E-state index contributed by atoms with van der Waals surface area (Å²) < 4.78 is 27.6. The van der Waals surface area contributed by atoms with Crippen molar-refractivity contribution in [3.8, 4) is 0 Å². The van der Waals surface area contributed by atoms with E-state index < -0.39 is 16.0 Å². The SMILES string of the molecule is O=C(O)c1cc(S(=O)(=O)N2CCCCCCC2)ccc1N1CCCCC1. The Hall–Kier alpha value is -1.60. The molecule has 0 bridgehead atoms. The fourth-order valence-corrected chi connectivity index (χ4v) is 5.41. The lowest BCUT2D eigenvalue weighted by molar-refractivity contribution is 0.0697. The van der Waals surface area contributed by atoms with E-state index in [0.29, 0.717) is 18.8 Å². The summed E-state index contributed by atoms with van der Waals surface area (Å²) in [5.41, 5.74) is 0.712. The molecule has 2 aliphatic rings. The number of nitrogens with zero attached hydrogens (tertiary/aromatic N) is 2. The predicted octanol–water partition coefficient (Wildman–Crippen LogP) is 3.33. The fourth-order valence-electron chi connectivity index (χ4n) is 3.87. The zero-order chi connectivity index (χ0) is 18.6. The van der Waals surface area contributed by atoms with Crippen molar-refractivity contribution >= 4 is 21.7 Å². The maximum Gasteiger partial charge on any atom is 0.337 e. The molecular weight excluding hydrogens is 352 g/mol. The van der Waals surface area contributed by atoms with Gasteiger partial charge in [-0.1, -0.05) is 19.3 Å². The first-order valence-corrected chi connectivity index (χ1v) is 11.1. The molecule has 0 unspecified atom stereocenters. The van der Waals surface area contributed by atoms with E-state index in [2.05, 4.69) is 4.90 Å². The second-order valence-electron chi connectivity index (χ2n) is 7.20. The van der Waals surface area contributed by atoms with E-state index in [0.717, 1.165) is 64.5 Å². The third kappa shape index (κ3) is 4.20. The van der Waals surface area contributed by atoms with Gasteiger partial charge in [-0.15, -0.1) is 0 Å². The molecule has 1 N–H and O–H groups in total. The molecule has 2 fully saturated rings. The second-order valence-corrected chi connectivity index (χ2v) is 9.14. The van der Waals surface area contributed by atoms with Gasteiger partial charge in [-0.3, -0.25) is 0 Å². The maximum absolute atomic E-state index is 13.0. The zero-order valence-corrected chi connectivity index (χ0v) is 16.0. The minimum absolute atomic E-state index is 0.0834. The Morgan fingerprint density at radius 2 is 1.38 bits per heavy atom. The smallest absolute Gasteiger partial charge is 0.337 e. The van der Waals surface area contributed by atoms with Crippen LogP contribution in [0.3, 0.4) is 0 Å². The molecule has 6 nitrogen and oxygen atoms in total. The molecule has 0 saturated carbocycles. The average Bonchev–Trinajstić information content (AvgIpc) is 2.61. The largest absolute Gasteiger partial charge is 0.478 e. The summed E-state index contributed by atoms with van der Waals surface area (Å²) in [5, 5.41) is 9.64. The molecule has 2 saturated heterocycles. The molecule has 0 atom stereocenters. The number of piperidine rings is 1. The van der Waals surface area contributed by atoms with Crippen LogP contribution in [0.1, 0.15) is 61.7 Å². The monoisotopic (exact) mass is 380 g/mol. The van der Waals surface area contributed by atoms with Gasteiger partial charge in [0.05, 0.1) is 16.1 Å². The van der Waals surface area contributed by atoms with Crippen LogP contribution in [0.15, 0.2) is 23.1 Å². The third-order valence-corrected chi connectivity index (χ3v) is 7.24. The summed E-state index contributed by atoms with van der Waals surface area (Å²) in [6.07, 6.45) is 8.18. The molecular formula is C19H28N2O4S. The first-order valence-electron chi connectivity index (χ1n) is 9.62. The van der Waals surface area contributed by atoms with Gasteiger partial charge in [0.15, 0.2) is 0 Å². The van der Waals surface area contributed by atoms with Crippen LogP contribution in [0.5, 0.6) is 0 Å². The number of carbonyl (C=O) groups is 1. The number of rotatable bonds is 4. The topological polar surface area (TPSA) is 77.9 Å². The van der Waals surface area contributed by atoms with Gasteiger partial charge in [0.2, 0.25) is 10.0 Å². The lowest BCUT2D eigenvalue weighted by Crippen LogP contribution is -2.34. The van der Waals surface area contributed by atoms with Gasteiger partial charge >= 0.3 is 5.97 Å². The van der Waals surface area contributed by atoms with Crippen LogP contribution in [0, 0.1) is 0 Å². The molecule has 3 rings (SSSR count). The molecule has 2 aliphatic heterocycles. The van der Waals surface area contributed by atoms with Crippen molar-refractivity contribution < 1.29 is 18.3 Å². The summed E-state index contributed by atoms with van der Waals surface area (Å²) in [7, 11) is -3.65. The Morgan fingerprint density at radius 1 is 0.846 bits per heavy atom. The van der Waals surface area contributed by atoms with Crippen molar-refractivity contribution in [2.24, 2.45) is 0 Å². The van der Waals surface area contributed by atoms with Crippen molar-refractivity contribution in [3.63, 3.8) is 0 Å². The summed E-state index contributed by atoms with van der Waals surface area (Å²) >= 11 is 0. The molecule has 26 heavy (non-hydrogen) atoms. The summed E-state index contributed by atoms with van der Waals surface area (Å²) in [6.45, 7) is 2.66. The van der Waals surface area contributed by atoms with E-state index in [-0.39, 0.29) is 10.5 Å².